The molecule has 0 aromatic heterocycles. The molecular formula is C19H20FN3O3. The summed E-state index contributed by atoms with van der Waals surface area (Å²) >= 11 is 0. The predicted octanol–water partition coefficient (Wildman–Crippen LogP) is 3.02. The molecule has 0 unspecified atom stereocenters. The fraction of sp³-hybridized carbons (Fsp3) is 0.316. The van der Waals surface area contributed by atoms with Crippen molar-refractivity contribution < 1.29 is 14.1 Å². The number of halogens is 1. The van der Waals surface area contributed by atoms with E-state index >= 15 is 0 Å². The number of amides is 1. The highest BCUT2D eigenvalue weighted by atomic mass is 19.1. The van der Waals surface area contributed by atoms with Crippen LogP contribution in [0.15, 0.2) is 48.5 Å². The lowest BCUT2D eigenvalue weighted by molar-refractivity contribution is -0.384. The first-order chi connectivity index (χ1) is 12.5. The van der Waals surface area contributed by atoms with Gasteiger partial charge in [0.25, 0.3) is 5.69 Å². The zero-order chi connectivity index (χ0) is 18.5. The van der Waals surface area contributed by atoms with Crippen LogP contribution in [0.4, 0.5) is 15.8 Å². The van der Waals surface area contributed by atoms with Crippen molar-refractivity contribution in [2.24, 2.45) is 0 Å². The highest BCUT2D eigenvalue weighted by molar-refractivity contribution is 5.76. The van der Waals surface area contributed by atoms with Gasteiger partial charge in [0.05, 0.1) is 4.92 Å². The summed E-state index contributed by atoms with van der Waals surface area (Å²) < 4.78 is 12.9. The van der Waals surface area contributed by atoms with Crippen LogP contribution in [0.2, 0.25) is 0 Å². The number of nitro benzene ring substituents is 1. The number of piperazine rings is 1. The molecule has 0 atom stereocenters. The van der Waals surface area contributed by atoms with E-state index in [1.807, 2.05) is 4.90 Å². The first-order valence-electron chi connectivity index (χ1n) is 8.54. The third-order valence-electron chi connectivity index (χ3n) is 4.60. The minimum absolute atomic E-state index is 0.0726. The van der Waals surface area contributed by atoms with Gasteiger partial charge in [-0.15, -0.1) is 0 Å². The van der Waals surface area contributed by atoms with Gasteiger partial charge in [0.1, 0.15) is 5.82 Å². The van der Waals surface area contributed by atoms with Gasteiger partial charge in [-0.1, -0.05) is 12.1 Å². The lowest BCUT2D eigenvalue weighted by Gasteiger charge is -2.36. The number of aryl methyl sites for hydroxylation is 1. The van der Waals surface area contributed by atoms with Gasteiger partial charge < -0.3 is 9.80 Å². The Hall–Kier alpha value is -2.96. The lowest BCUT2D eigenvalue weighted by Crippen LogP contribution is -2.48. The molecule has 7 heteroatoms. The van der Waals surface area contributed by atoms with Crippen LogP contribution < -0.4 is 4.90 Å². The second-order valence-electron chi connectivity index (χ2n) is 6.27. The second kappa shape index (κ2) is 7.95. The molecule has 136 valence electrons. The molecule has 0 radical (unpaired) electrons. The van der Waals surface area contributed by atoms with Crippen molar-refractivity contribution in [1.29, 1.82) is 0 Å². The molecule has 1 saturated heterocycles. The van der Waals surface area contributed by atoms with Crippen molar-refractivity contribution in [1.82, 2.24) is 4.90 Å². The van der Waals surface area contributed by atoms with Gasteiger partial charge in [0, 0.05) is 50.4 Å². The number of carbonyl (C=O) groups excluding carboxylic acids is 1. The summed E-state index contributed by atoms with van der Waals surface area (Å²) in [5, 5.41) is 10.7. The number of hydrogen-bond donors (Lipinski definition) is 0. The fourth-order valence-electron chi connectivity index (χ4n) is 3.06. The van der Waals surface area contributed by atoms with E-state index in [1.54, 1.807) is 24.3 Å². The third-order valence-corrected chi connectivity index (χ3v) is 4.60. The first-order valence-corrected chi connectivity index (χ1v) is 8.54. The summed E-state index contributed by atoms with van der Waals surface area (Å²) in [5.74, 6) is -0.180. The second-order valence-corrected chi connectivity index (χ2v) is 6.27. The highest BCUT2D eigenvalue weighted by Crippen LogP contribution is 2.21. The molecule has 1 aliphatic heterocycles. The summed E-state index contributed by atoms with van der Waals surface area (Å²) in [7, 11) is 0. The number of nitro groups is 1. The Kier molecular flexibility index (Phi) is 5.46. The molecule has 1 aliphatic rings. The summed E-state index contributed by atoms with van der Waals surface area (Å²) in [6.07, 6.45) is 1.00. The van der Waals surface area contributed by atoms with Crippen molar-refractivity contribution in [3.05, 3.63) is 70.0 Å². The molecule has 0 aliphatic carbocycles. The van der Waals surface area contributed by atoms with Gasteiger partial charge in [-0.25, -0.2) is 4.39 Å². The molecule has 2 aromatic rings. The molecule has 2 aromatic carbocycles. The quantitative estimate of drug-likeness (QED) is 0.609. The summed E-state index contributed by atoms with van der Waals surface area (Å²) in [6.45, 7) is 2.64. The maximum atomic E-state index is 12.9. The van der Waals surface area contributed by atoms with Crippen LogP contribution in [0.25, 0.3) is 0 Å². The van der Waals surface area contributed by atoms with Crippen LogP contribution >= 0.6 is 0 Å². The zero-order valence-electron chi connectivity index (χ0n) is 14.3. The van der Waals surface area contributed by atoms with E-state index in [1.165, 1.54) is 24.3 Å². The predicted molar refractivity (Wildman–Crippen MR) is 96.6 cm³/mol. The molecule has 3 rings (SSSR count). The van der Waals surface area contributed by atoms with E-state index in [2.05, 4.69) is 4.90 Å². The molecule has 1 heterocycles. The SMILES string of the molecule is O=C(CCc1ccc(F)cc1)N1CCN(c2ccc([N+](=O)[O-])cc2)CC1. The molecule has 0 saturated carbocycles. The topological polar surface area (TPSA) is 66.7 Å². The number of carbonyl (C=O) groups is 1. The van der Waals surface area contributed by atoms with Gasteiger partial charge in [-0.2, -0.15) is 0 Å². The van der Waals surface area contributed by atoms with Gasteiger partial charge in [-0.05, 0) is 36.2 Å². The lowest BCUT2D eigenvalue weighted by atomic mass is 10.1. The van der Waals surface area contributed by atoms with Crippen LogP contribution in [0, 0.1) is 15.9 Å². The van der Waals surface area contributed by atoms with Gasteiger partial charge in [-0.3, -0.25) is 14.9 Å². The van der Waals surface area contributed by atoms with E-state index in [9.17, 15) is 19.3 Å². The minimum atomic E-state index is -0.415. The Morgan fingerprint density at radius 2 is 1.62 bits per heavy atom. The zero-order valence-corrected chi connectivity index (χ0v) is 14.3. The van der Waals surface area contributed by atoms with E-state index in [-0.39, 0.29) is 17.4 Å². The maximum Gasteiger partial charge on any atom is 0.269 e. The molecule has 1 amide bonds. The van der Waals surface area contributed by atoms with E-state index in [0.717, 1.165) is 11.3 Å². The monoisotopic (exact) mass is 357 g/mol. The summed E-state index contributed by atoms with van der Waals surface area (Å²) in [5.41, 5.74) is 1.95. The molecule has 0 spiro atoms. The van der Waals surface area contributed by atoms with Crippen LogP contribution in [0.1, 0.15) is 12.0 Å². The van der Waals surface area contributed by atoms with E-state index in [0.29, 0.717) is 39.0 Å². The highest BCUT2D eigenvalue weighted by Gasteiger charge is 2.21. The molecule has 26 heavy (non-hydrogen) atoms. The smallest absolute Gasteiger partial charge is 0.269 e. The molecule has 0 N–H and O–H groups in total. The maximum absolute atomic E-state index is 12.9. The number of hydrogen-bond acceptors (Lipinski definition) is 4. The minimum Gasteiger partial charge on any atom is -0.368 e. The van der Waals surface area contributed by atoms with E-state index < -0.39 is 4.92 Å². The van der Waals surface area contributed by atoms with E-state index in [4.69, 9.17) is 0 Å². The number of anilines is 1. The fourth-order valence-corrected chi connectivity index (χ4v) is 3.06. The Labute approximate surface area is 151 Å². The standard InChI is InChI=1S/C19H20FN3O3/c20-16-4-1-15(2-5-16)3-10-19(24)22-13-11-21(12-14-22)17-6-8-18(9-7-17)23(25)26/h1-2,4-9H,3,10-14H2. The van der Waals surface area contributed by atoms with Gasteiger partial charge >= 0.3 is 0 Å². The molecule has 1 fully saturated rings. The van der Waals surface area contributed by atoms with Crippen molar-refractivity contribution in [3.63, 3.8) is 0 Å². The summed E-state index contributed by atoms with van der Waals surface area (Å²) in [4.78, 5) is 26.6. The molecule has 0 bridgehead atoms. The van der Waals surface area contributed by atoms with Gasteiger partial charge in [0.15, 0.2) is 0 Å². The van der Waals surface area contributed by atoms with Crippen molar-refractivity contribution in [3.8, 4) is 0 Å². The van der Waals surface area contributed by atoms with Crippen molar-refractivity contribution in [2.45, 2.75) is 12.8 Å². The Balaban J connectivity index is 1.48. The average Bonchev–Trinajstić information content (AvgIpc) is 2.67. The number of rotatable bonds is 5. The van der Waals surface area contributed by atoms with Gasteiger partial charge in [0.2, 0.25) is 5.91 Å². The Morgan fingerprint density at radius 1 is 1.00 bits per heavy atom. The Morgan fingerprint density at radius 3 is 2.19 bits per heavy atom. The Bertz CT molecular complexity index is 770. The van der Waals surface area contributed by atoms with Crippen molar-refractivity contribution >= 4 is 17.3 Å². The average molecular weight is 357 g/mol. The summed E-state index contributed by atoms with van der Waals surface area (Å²) in [6, 6.07) is 12.7. The molecular weight excluding hydrogens is 337 g/mol. The van der Waals surface area contributed by atoms with Crippen LogP contribution in [-0.2, 0) is 11.2 Å². The normalized spacial score (nSPS) is 14.3. The third kappa shape index (κ3) is 4.36. The largest absolute Gasteiger partial charge is 0.368 e. The van der Waals surface area contributed by atoms with Crippen LogP contribution in [0.5, 0.6) is 0 Å². The van der Waals surface area contributed by atoms with Crippen molar-refractivity contribution in [2.75, 3.05) is 31.1 Å². The number of non-ortho nitro benzene ring substituents is 1. The van der Waals surface area contributed by atoms with Crippen LogP contribution in [-0.4, -0.2) is 41.9 Å². The number of nitrogens with zero attached hydrogens (tertiary/aromatic N) is 3. The molecule has 6 nitrogen and oxygen atoms in total. The first kappa shape index (κ1) is 17.8. The van der Waals surface area contributed by atoms with Crippen LogP contribution in [0.3, 0.4) is 0 Å². The number of benzene rings is 2.